The standard InChI is InChI=1S/C9H20O3/c1-8(2,3)12-6-5-9(4,11)7-10/h10-11H,5-7H2,1-4H3. The number of aliphatic hydroxyl groups excluding tert-OH is 1. The van der Waals surface area contributed by atoms with Gasteiger partial charge in [-0.05, 0) is 27.7 Å². The Morgan fingerprint density at radius 2 is 1.67 bits per heavy atom. The second kappa shape index (κ2) is 4.21. The molecule has 0 bridgehead atoms. The zero-order valence-corrected chi connectivity index (χ0v) is 8.42. The highest BCUT2D eigenvalue weighted by molar-refractivity contribution is 4.71. The van der Waals surface area contributed by atoms with Crippen molar-refractivity contribution in [2.45, 2.75) is 45.3 Å². The SMILES string of the molecule is CC(O)(CO)CCOC(C)(C)C. The van der Waals surface area contributed by atoms with Crippen LogP contribution in [-0.4, -0.2) is 34.6 Å². The number of hydrogen-bond acceptors (Lipinski definition) is 3. The molecule has 1 atom stereocenters. The van der Waals surface area contributed by atoms with Crippen molar-refractivity contribution >= 4 is 0 Å². The van der Waals surface area contributed by atoms with Crippen LogP contribution in [0.1, 0.15) is 34.1 Å². The lowest BCUT2D eigenvalue weighted by atomic mass is 10.0. The van der Waals surface area contributed by atoms with Crippen LogP contribution in [0.3, 0.4) is 0 Å². The second-order valence-electron chi connectivity index (χ2n) is 4.37. The van der Waals surface area contributed by atoms with Gasteiger partial charge < -0.3 is 14.9 Å². The highest BCUT2D eigenvalue weighted by Crippen LogP contribution is 2.12. The lowest BCUT2D eigenvalue weighted by molar-refractivity contribution is -0.0591. The Balaban J connectivity index is 3.57. The van der Waals surface area contributed by atoms with Gasteiger partial charge in [0.25, 0.3) is 0 Å². The van der Waals surface area contributed by atoms with Crippen molar-refractivity contribution in [2.24, 2.45) is 0 Å². The molecular formula is C9H20O3. The average molecular weight is 176 g/mol. The summed E-state index contributed by atoms with van der Waals surface area (Å²) >= 11 is 0. The summed E-state index contributed by atoms with van der Waals surface area (Å²) in [6, 6.07) is 0. The van der Waals surface area contributed by atoms with Crippen LogP contribution < -0.4 is 0 Å². The molecule has 0 aliphatic carbocycles. The number of rotatable bonds is 4. The Morgan fingerprint density at radius 3 is 2.00 bits per heavy atom. The van der Waals surface area contributed by atoms with Gasteiger partial charge in [0.2, 0.25) is 0 Å². The molecular weight excluding hydrogens is 156 g/mol. The fourth-order valence-electron chi connectivity index (χ4n) is 0.656. The maximum absolute atomic E-state index is 9.39. The smallest absolute Gasteiger partial charge is 0.0871 e. The second-order valence-corrected chi connectivity index (χ2v) is 4.37. The Kier molecular flexibility index (Phi) is 4.17. The topological polar surface area (TPSA) is 49.7 Å². The van der Waals surface area contributed by atoms with Crippen LogP contribution in [-0.2, 0) is 4.74 Å². The lowest BCUT2D eigenvalue weighted by Gasteiger charge is -2.24. The fourth-order valence-corrected chi connectivity index (χ4v) is 0.656. The Morgan fingerprint density at radius 1 is 1.17 bits per heavy atom. The van der Waals surface area contributed by atoms with Crippen molar-refractivity contribution in [1.82, 2.24) is 0 Å². The molecule has 1 unspecified atom stereocenters. The summed E-state index contributed by atoms with van der Waals surface area (Å²) in [5.41, 5.74) is -1.18. The average Bonchev–Trinajstić information content (AvgIpc) is 1.84. The molecule has 0 aliphatic rings. The van der Waals surface area contributed by atoms with Crippen LogP contribution in [0.4, 0.5) is 0 Å². The van der Waals surface area contributed by atoms with E-state index in [4.69, 9.17) is 9.84 Å². The van der Waals surface area contributed by atoms with Gasteiger partial charge in [-0.25, -0.2) is 0 Å². The van der Waals surface area contributed by atoms with E-state index >= 15 is 0 Å². The molecule has 2 N–H and O–H groups in total. The molecule has 0 heterocycles. The third-order valence-electron chi connectivity index (χ3n) is 1.52. The van der Waals surface area contributed by atoms with Gasteiger partial charge in [-0.1, -0.05) is 0 Å². The van der Waals surface area contributed by atoms with Crippen LogP contribution in [0.5, 0.6) is 0 Å². The summed E-state index contributed by atoms with van der Waals surface area (Å²) in [6.45, 7) is 7.72. The van der Waals surface area contributed by atoms with E-state index in [1.54, 1.807) is 6.92 Å². The number of ether oxygens (including phenoxy) is 1. The summed E-state index contributed by atoms with van der Waals surface area (Å²) in [4.78, 5) is 0. The van der Waals surface area contributed by atoms with E-state index in [1.807, 2.05) is 20.8 Å². The van der Waals surface area contributed by atoms with Gasteiger partial charge in [-0.15, -0.1) is 0 Å². The van der Waals surface area contributed by atoms with E-state index in [1.165, 1.54) is 0 Å². The van der Waals surface area contributed by atoms with Crippen molar-refractivity contribution < 1.29 is 14.9 Å². The summed E-state index contributed by atoms with van der Waals surface area (Å²) < 4.78 is 5.40. The van der Waals surface area contributed by atoms with Crippen LogP contribution in [0.25, 0.3) is 0 Å². The van der Waals surface area contributed by atoms with E-state index in [0.717, 1.165) is 0 Å². The first-order valence-electron chi connectivity index (χ1n) is 4.24. The van der Waals surface area contributed by atoms with E-state index in [9.17, 15) is 5.11 Å². The van der Waals surface area contributed by atoms with Crippen LogP contribution >= 0.6 is 0 Å². The van der Waals surface area contributed by atoms with Gasteiger partial charge in [0.1, 0.15) is 0 Å². The predicted molar refractivity (Wildman–Crippen MR) is 48.0 cm³/mol. The van der Waals surface area contributed by atoms with Gasteiger partial charge >= 0.3 is 0 Å². The molecule has 0 saturated carbocycles. The molecule has 3 nitrogen and oxygen atoms in total. The monoisotopic (exact) mass is 176 g/mol. The minimum atomic E-state index is -1.01. The molecule has 0 fully saturated rings. The predicted octanol–water partition coefficient (Wildman–Crippen LogP) is 0.935. The van der Waals surface area contributed by atoms with Gasteiger partial charge in [0.05, 0.1) is 24.4 Å². The molecule has 0 amide bonds. The van der Waals surface area contributed by atoms with Crippen molar-refractivity contribution in [1.29, 1.82) is 0 Å². The maximum Gasteiger partial charge on any atom is 0.0871 e. The largest absolute Gasteiger partial charge is 0.393 e. The third-order valence-corrected chi connectivity index (χ3v) is 1.52. The molecule has 0 aromatic carbocycles. The normalized spacial score (nSPS) is 17.5. The van der Waals surface area contributed by atoms with E-state index in [2.05, 4.69) is 0 Å². The summed E-state index contributed by atoms with van der Waals surface area (Å²) in [7, 11) is 0. The van der Waals surface area contributed by atoms with Crippen LogP contribution in [0, 0.1) is 0 Å². The summed E-state index contributed by atoms with van der Waals surface area (Å²) in [5, 5.41) is 18.1. The first-order chi connectivity index (χ1) is 5.27. The Hall–Kier alpha value is -0.120. The van der Waals surface area contributed by atoms with Crippen LogP contribution in [0.2, 0.25) is 0 Å². The third kappa shape index (κ3) is 6.58. The van der Waals surface area contributed by atoms with Crippen molar-refractivity contribution in [2.75, 3.05) is 13.2 Å². The molecule has 0 aliphatic heterocycles. The molecule has 0 aromatic rings. The molecule has 0 radical (unpaired) electrons. The fraction of sp³-hybridized carbons (Fsp3) is 1.00. The molecule has 3 heteroatoms. The minimum Gasteiger partial charge on any atom is -0.393 e. The number of hydrogen-bond donors (Lipinski definition) is 2. The molecule has 0 saturated heterocycles. The Bertz CT molecular complexity index is 124. The highest BCUT2D eigenvalue weighted by Gasteiger charge is 2.20. The van der Waals surface area contributed by atoms with Crippen LogP contribution in [0.15, 0.2) is 0 Å². The van der Waals surface area contributed by atoms with Crippen molar-refractivity contribution in [3.63, 3.8) is 0 Å². The van der Waals surface area contributed by atoms with Crippen molar-refractivity contribution in [3.8, 4) is 0 Å². The number of aliphatic hydroxyl groups is 2. The molecule has 0 aromatic heterocycles. The molecule has 0 rings (SSSR count). The molecule has 74 valence electrons. The summed E-state index contributed by atoms with van der Waals surface area (Å²) in [6.07, 6.45) is 0.459. The minimum absolute atomic E-state index is 0.175. The quantitative estimate of drug-likeness (QED) is 0.670. The zero-order valence-electron chi connectivity index (χ0n) is 8.42. The van der Waals surface area contributed by atoms with Gasteiger partial charge in [0.15, 0.2) is 0 Å². The summed E-state index contributed by atoms with van der Waals surface area (Å²) in [5.74, 6) is 0. The van der Waals surface area contributed by atoms with Gasteiger partial charge in [-0.3, -0.25) is 0 Å². The van der Waals surface area contributed by atoms with E-state index in [0.29, 0.717) is 13.0 Å². The Labute approximate surface area is 74.4 Å². The van der Waals surface area contributed by atoms with Crippen molar-refractivity contribution in [3.05, 3.63) is 0 Å². The van der Waals surface area contributed by atoms with Gasteiger partial charge in [-0.2, -0.15) is 0 Å². The maximum atomic E-state index is 9.39. The van der Waals surface area contributed by atoms with E-state index in [-0.39, 0.29) is 12.2 Å². The van der Waals surface area contributed by atoms with E-state index < -0.39 is 5.60 Å². The highest BCUT2D eigenvalue weighted by atomic mass is 16.5. The molecule has 12 heavy (non-hydrogen) atoms. The molecule has 0 spiro atoms. The lowest BCUT2D eigenvalue weighted by Crippen LogP contribution is -2.32. The first kappa shape index (κ1) is 11.9. The van der Waals surface area contributed by atoms with Gasteiger partial charge in [0, 0.05) is 6.42 Å². The first-order valence-corrected chi connectivity index (χ1v) is 4.24. The zero-order chi connectivity index (χ0) is 9.83.